The van der Waals surface area contributed by atoms with Gasteiger partial charge < -0.3 is 19.9 Å². The molecule has 16 bridgehead atoms. The van der Waals surface area contributed by atoms with Crippen LogP contribution in [0.5, 0.6) is 0 Å². The Labute approximate surface area is 460 Å². The van der Waals surface area contributed by atoms with E-state index in [2.05, 4.69) is 64.1 Å². The summed E-state index contributed by atoms with van der Waals surface area (Å²) in [4.78, 5) is 20.2. The van der Waals surface area contributed by atoms with Crippen molar-refractivity contribution in [3.8, 4) is 0 Å². The Morgan fingerprint density at radius 2 is 0.630 bits per heavy atom. The van der Waals surface area contributed by atoms with Gasteiger partial charge in [0.25, 0.3) is 40.5 Å². The van der Waals surface area contributed by atoms with Gasteiger partial charge >= 0.3 is 0 Å². The van der Waals surface area contributed by atoms with Crippen LogP contribution < -0.4 is 0 Å². The topological polar surface area (TPSA) is 332 Å². The molecule has 33 heteroatoms. The van der Waals surface area contributed by atoms with E-state index in [4.69, 9.17) is 92.8 Å². The van der Waals surface area contributed by atoms with Gasteiger partial charge in [0.1, 0.15) is 42.4 Å². The molecule has 73 heavy (non-hydrogen) atoms. The van der Waals surface area contributed by atoms with Crippen molar-refractivity contribution < 1.29 is 69.0 Å². The zero-order valence-corrected chi connectivity index (χ0v) is 45.3. The number of halogens is 8. The fourth-order valence-corrected chi connectivity index (χ4v) is 13.4. The van der Waals surface area contributed by atoms with Gasteiger partial charge in [-0.25, -0.2) is 19.9 Å². The van der Waals surface area contributed by atoms with E-state index in [0.29, 0.717) is 0 Å². The third kappa shape index (κ3) is 10.4. The second-order valence-corrected chi connectivity index (χ2v) is 23.5. The monoisotopic (exact) mass is 1270 g/mol. The molecule has 0 amide bonds. The Hall–Kier alpha value is -4.32. The maximum atomic E-state index is 12.9. The standard InChI is InChI=1S/C20H6Cl8N4O12S4.C20H14N4.Mn/c21-1-2(22)10-8(28)12-4(24)6(26)14(31-12)18(46(36,37)38)16-20(48(42,43)44)19(47(39,40)41)15(32-16)17(45(33,34)35)13-5(25)3(23)11(30-13)7(27)9(1)29-10;1-2-14-10-16-5-6-18(23-16)12-20-8-7-19(24-20)11-17-4-3-15(22-17)9-13(1)21-14;/h30-31H,(H,33,34,35)(H,36,37,38)(H,39,40,41)(H,42,43,44);1-12,21,24H;. The van der Waals surface area contributed by atoms with E-state index in [1.54, 1.807) is 0 Å². The van der Waals surface area contributed by atoms with E-state index in [-0.39, 0.29) is 17.1 Å². The maximum Gasteiger partial charge on any atom is 0.298 e. The molecule has 6 aromatic heterocycles. The van der Waals surface area contributed by atoms with Crippen LogP contribution in [0.15, 0.2) is 58.3 Å². The van der Waals surface area contributed by atoms with Crippen LogP contribution in [-0.4, -0.2) is 91.8 Å². The SMILES string of the molecule is C1=Cc2cc3ccc(cc4nc(cc5ccc(cc1n2)[nH]5)C=C4)[nH]3.O=S(=O)(O)C1=C(S(=O)(=O)O)c2nc1c(S(=O)(=O)O)c1[nH]c(c(Cl)c3nc(c(Cl)c4[nH]c(c(Cl)c4Cl)c2S(=O)(=O)O)C(Cl)=C3Cl)c(Cl)c1Cl.[Mn]. The number of aromatic amines is 4. The van der Waals surface area contributed by atoms with Crippen molar-refractivity contribution in [3.05, 3.63) is 124 Å². The largest absolute Gasteiger partial charge is 0.355 e. The van der Waals surface area contributed by atoms with Crippen molar-refractivity contribution in [3.63, 3.8) is 0 Å². The molecule has 0 saturated carbocycles. The summed E-state index contributed by atoms with van der Waals surface area (Å²) < 4.78 is 143. The van der Waals surface area contributed by atoms with Crippen LogP contribution >= 0.6 is 92.8 Å². The summed E-state index contributed by atoms with van der Waals surface area (Å²) in [6, 6.07) is 16.4. The molecule has 0 saturated heterocycles. The second kappa shape index (κ2) is 19.7. The first kappa shape index (κ1) is 54.9. The Kier molecular flexibility index (Phi) is 14.8. The average molecular weight is 1270 g/mol. The number of nitrogens with zero attached hydrogens (tertiary/aromatic N) is 4. The molecular weight excluding hydrogens is 1250 g/mol. The first-order valence-corrected chi connectivity index (χ1v) is 27.9. The molecule has 6 aromatic rings. The third-order valence-corrected chi connectivity index (χ3v) is 17.3. The number of rotatable bonds is 4. The van der Waals surface area contributed by atoms with Gasteiger partial charge in [-0.15, -0.1) is 0 Å². The van der Waals surface area contributed by atoms with E-state index in [0.717, 1.165) is 44.8 Å². The molecule has 379 valence electrons. The van der Waals surface area contributed by atoms with Gasteiger partial charge in [0.15, 0.2) is 0 Å². The zero-order valence-electron chi connectivity index (χ0n) is 34.8. The van der Waals surface area contributed by atoms with Gasteiger partial charge in [-0.3, -0.25) is 18.2 Å². The molecule has 4 aliphatic heterocycles. The maximum absolute atomic E-state index is 12.9. The van der Waals surface area contributed by atoms with Crippen LogP contribution in [-0.2, 0) is 57.5 Å². The van der Waals surface area contributed by atoms with Crippen molar-refractivity contribution in [1.29, 1.82) is 0 Å². The summed E-state index contributed by atoms with van der Waals surface area (Å²) in [6.45, 7) is 0. The summed E-state index contributed by atoms with van der Waals surface area (Å²) >= 11 is 50.7. The van der Waals surface area contributed by atoms with Crippen LogP contribution in [0, 0.1) is 0 Å². The number of hydrogen-bond acceptors (Lipinski definition) is 12. The van der Waals surface area contributed by atoms with Gasteiger partial charge in [-0.2, -0.15) is 33.7 Å². The molecule has 0 atom stereocenters. The van der Waals surface area contributed by atoms with E-state index < -0.39 is 145 Å². The number of H-pyrrole nitrogens is 4. The first-order valence-electron chi connectivity index (χ1n) is 19.1. The molecular formula is C40H20Cl8MnN8O12S4. The molecule has 8 N–H and O–H groups in total. The number of aromatic nitrogens is 8. The van der Waals surface area contributed by atoms with E-state index in [9.17, 15) is 51.9 Å². The molecule has 1 radical (unpaired) electrons. The van der Waals surface area contributed by atoms with E-state index >= 15 is 0 Å². The predicted octanol–water partition coefficient (Wildman–Crippen LogP) is 11.3. The summed E-state index contributed by atoms with van der Waals surface area (Å²) in [7, 11) is -24.2. The Morgan fingerprint density at radius 1 is 0.356 bits per heavy atom. The average Bonchev–Trinajstić information content (AvgIpc) is 4.16. The molecule has 0 fully saturated rings. The van der Waals surface area contributed by atoms with Crippen molar-refractivity contribution >= 4 is 222 Å². The van der Waals surface area contributed by atoms with Crippen LogP contribution in [0.2, 0.25) is 30.1 Å². The molecule has 20 nitrogen and oxygen atoms in total. The quantitative estimate of drug-likeness (QED) is 0.0599. The predicted molar refractivity (Wildman–Crippen MR) is 278 cm³/mol. The Bertz CT molecular complexity index is 4100. The fraction of sp³-hybridized carbons (Fsp3) is 0. The molecule has 0 aliphatic carbocycles. The van der Waals surface area contributed by atoms with Gasteiger partial charge in [-0.1, -0.05) is 92.8 Å². The van der Waals surface area contributed by atoms with Gasteiger partial charge in [0.05, 0.1) is 85.0 Å². The smallest absolute Gasteiger partial charge is 0.298 e. The molecule has 0 aromatic carbocycles. The summed E-state index contributed by atoms with van der Waals surface area (Å²) in [6.07, 6.45) is 8.09. The van der Waals surface area contributed by atoms with Crippen LogP contribution in [0.3, 0.4) is 0 Å². The van der Waals surface area contributed by atoms with Crippen LogP contribution in [0.4, 0.5) is 0 Å². The minimum absolute atomic E-state index is 0. The molecule has 4 aliphatic rings. The van der Waals surface area contributed by atoms with Crippen molar-refractivity contribution in [2.24, 2.45) is 0 Å². The fourth-order valence-electron chi connectivity index (χ4n) is 7.37. The molecule has 10 rings (SSSR count). The summed E-state index contributed by atoms with van der Waals surface area (Å²) in [5.74, 6) is 0. The van der Waals surface area contributed by atoms with Crippen LogP contribution in [0.25, 0.3) is 88.3 Å². The first-order chi connectivity index (χ1) is 33.5. The number of nitrogens with one attached hydrogen (secondary N) is 4. The van der Waals surface area contributed by atoms with Gasteiger partial charge in [0, 0.05) is 39.1 Å². The second-order valence-electron chi connectivity index (χ2n) is 15.0. The normalized spacial score (nSPS) is 13.9. The Balaban J connectivity index is 0.000000236. The minimum Gasteiger partial charge on any atom is -0.355 e. The summed E-state index contributed by atoms with van der Waals surface area (Å²) in [5.41, 5.74) is 0.0543. The van der Waals surface area contributed by atoms with E-state index in [1.165, 1.54) is 0 Å². The van der Waals surface area contributed by atoms with Gasteiger partial charge in [0.2, 0.25) is 0 Å². The third-order valence-electron chi connectivity index (χ3n) is 10.3. The van der Waals surface area contributed by atoms with Crippen molar-refractivity contribution in [2.45, 2.75) is 9.79 Å². The van der Waals surface area contributed by atoms with Crippen molar-refractivity contribution in [2.75, 3.05) is 0 Å². The van der Waals surface area contributed by atoms with Crippen LogP contribution in [0.1, 0.15) is 45.6 Å². The minimum atomic E-state index is -6.14. The Morgan fingerprint density at radius 3 is 0.904 bits per heavy atom. The number of fused-ring (bicyclic) bond motifs is 16. The van der Waals surface area contributed by atoms with Gasteiger partial charge in [-0.05, 0) is 72.8 Å². The zero-order chi connectivity index (χ0) is 52.3. The molecule has 10 heterocycles. The molecule has 0 unspecified atom stereocenters. The van der Waals surface area contributed by atoms with E-state index in [1.807, 2.05) is 48.6 Å². The van der Waals surface area contributed by atoms with Crippen molar-refractivity contribution in [1.82, 2.24) is 39.9 Å². The summed E-state index contributed by atoms with van der Waals surface area (Å²) in [5, 5.41) is -5.18. The molecule has 0 spiro atoms. The number of hydrogen-bond donors (Lipinski definition) is 8.